The number of anilines is 2. The highest BCUT2D eigenvalue weighted by Gasteiger charge is 2.45. The van der Waals surface area contributed by atoms with Crippen LogP contribution in [0.5, 0.6) is 0 Å². The van der Waals surface area contributed by atoms with E-state index in [9.17, 15) is 14.4 Å². The number of carbonyl (C=O) groups excluding carboxylic acids is 3. The van der Waals surface area contributed by atoms with Crippen LogP contribution in [0, 0.1) is 0 Å². The van der Waals surface area contributed by atoms with Gasteiger partial charge in [0.1, 0.15) is 23.9 Å². The number of rotatable bonds is 10. The van der Waals surface area contributed by atoms with Crippen LogP contribution in [-0.4, -0.2) is 63.5 Å². The number of carbonyl (C=O) groups is 3. The van der Waals surface area contributed by atoms with E-state index in [1.54, 1.807) is 30.6 Å². The molecule has 0 aliphatic carbocycles. The van der Waals surface area contributed by atoms with E-state index in [0.717, 1.165) is 18.4 Å². The molecule has 0 bridgehead atoms. The third kappa shape index (κ3) is 5.13. The van der Waals surface area contributed by atoms with E-state index in [0.29, 0.717) is 36.5 Å². The Morgan fingerprint density at radius 1 is 1.15 bits per heavy atom. The van der Waals surface area contributed by atoms with Crippen molar-refractivity contribution in [2.45, 2.75) is 44.2 Å². The lowest BCUT2D eigenvalue weighted by atomic mass is 10.1. The third-order valence-electron chi connectivity index (χ3n) is 5.75. The lowest BCUT2D eigenvalue weighted by molar-refractivity contribution is -0.142. The summed E-state index contributed by atoms with van der Waals surface area (Å²) in [5, 5.41) is 6.04. The van der Waals surface area contributed by atoms with Gasteiger partial charge >= 0.3 is 5.97 Å². The van der Waals surface area contributed by atoms with Crippen molar-refractivity contribution in [1.82, 2.24) is 25.3 Å². The highest BCUT2D eigenvalue weighted by molar-refractivity contribution is 6.07. The lowest BCUT2D eigenvalue weighted by Crippen LogP contribution is -2.43. The Morgan fingerprint density at radius 3 is 2.76 bits per heavy atom. The first-order valence-corrected chi connectivity index (χ1v) is 11.2. The second-order valence-electron chi connectivity index (χ2n) is 8.00. The topological polar surface area (TPSA) is 142 Å². The number of H-pyrrole nitrogens is 1. The molecule has 2 atom stereocenters. The summed E-state index contributed by atoms with van der Waals surface area (Å²) in [6, 6.07) is 7.40. The minimum Gasteiger partial charge on any atom is -0.467 e. The average Bonchev–Trinajstić information content (AvgIpc) is 3.46. The molecule has 3 N–H and O–H groups in total. The van der Waals surface area contributed by atoms with Gasteiger partial charge in [0, 0.05) is 25.1 Å². The van der Waals surface area contributed by atoms with Crippen molar-refractivity contribution < 1.29 is 19.1 Å². The quantitative estimate of drug-likeness (QED) is 0.304. The summed E-state index contributed by atoms with van der Waals surface area (Å²) in [6.45, 7) is 0.695. The molecule has 0 unspecified atom stereocenters. The van der Waals surface area contributed by atoms with E-state index in [4.69, 9.17) is 4.74 Å². The smallest absolute Gasteiger partial charge is 0.329 e. The van der Waals surface area contributed by atoms with Crippen LogP contribution >= 0.6 is 0 Å². The fourth-order valence-corrected chi connectivity index (χ4v) is 4.06. The molecular formula is C23H27N7O4. The molecule has 1 aliphatic rings. The number of nitrogens with one attached hydrogen (secondary N) is 3. The number of fused-ring (bicyclic) bond motifs is 1. The second-order valence-corrected chi connectivity index (χ2v) is 8.00. The minimum atomic E-state index is -0.764. The number of esters is 1. The number of benzene rings is 1. The summed E-state index contributed by atoms with van der Waals surface area (Å²) in [5.74, 6) is -0.324. The summed E-state index contributed by atoms with van der Waals surface area (Å²) >= 11 is 0. The van der Waals surface area contributed by atoms with Crippen LogP contribution in [0.3, 0.4) is 0 Å². The number of imidazole rings is 1. The Hall–Kier alpha value is -4.02. The van der Waals surface area contributed by atoms with E-state index in [1.807, 2.05) is 6.07 Å². The molecule has 11 nitrogen and oxygen atoms in total. The number of aromatic amines is 1. The predicted octanol–water partition coefficient (Wildman–Crippen LogP) is 1.79. The molecule has 0 spiro atoms. The largest absolute Gasteiger partial charge is 0.467 e. The first-order chi connectivity index (χ1) is 16.6. The molecule has 2 amide bonds. The maximum Gasteiger partial charge on any atom is 0.329 e. The summed E-state index contributed by atoms with van der Waals surface area (Å²) < 4.78 is 4.88. The molecule has 3 aromatic rings. The molecule has 1 saturated heterocycles. The average molecular weight is 466 g/mol. The highest BCUT2D eigenvalue weighted by Crippen LogP contribution is 2.27. The zero-order chi connectivity index (χ0) is 23.9. The molecule has 0 saturated carbocycles. The molecule has 34 heavy (non-hydrogen) atoms. The van der Waals surface area contributed by atoms with Crippen molar-refractivity contribution in [2.24, 2.45) is 0 Å². The van der Waals surface area contributed by atoms with Crippen LogP contribution in [-0.2, 0) is 19.1 Å². The van der Waals surface area contributed by atoms with Crippen molar-refractivity contribution in [1.29, 1.82) is 0 Å². The van der Waals surface area contributed by atoms with Crippen molar-refractivity contribution in [3.05, 3.63) is 43.0 Å². The van der Waals surface area contributed by atoms with Crippen LogP contribution in [0.2, 0.25) is 0 Å². The minimum absolute atomic E-state index is 0.178. The van der Waals surface area contributed by atoms with Crippen LogP contribution in [0.1, 0.15) is 32.1 Å². The van der Waals surface area contributed by atoms with E-state index in [2.05, 4.69) is 30.6 Å². The van der Waals surface area contributed by atoms with E-state index in [1.165, 1.54) is 18.3 Å². The Bertz CT molecular complexity index is 1150. The van der Waals surface area contributed by atoms with Gasteiger partial charge in [0.2, 0.25) is 11.8 Å². The number of amides is 2. The number of hydrogen-bond donors (Lipinski definition) is 3. The molecule has 1 fully saturated rings. The number of aromatic nitrogens is 4. The first-order valence-electron chi connectivity index (χ1n) is 11.2. The molecule has 1 aromatic carbocycles. The summed E-state index contributed by atoms with van der Waals surface area (Å²) in [6.07, 6.45) is 5.88. The number of ether oxygens (including phenoxy) is 1. The molecule has 3 heterocycles. The van der Waals surface area contributed by atoms with Crippen LogP contribution < -0.4 is 15.5 Å². The van der Waals surface area contributed by atoms with Crippen LogP contribution in [0.4, 0.5) is 11.5 Å². The van der Waals surface area contributed by atoms with Gasteiger partial charge < -0.3 is 20.4 Å². The van der Waals surface area contributed by atoms with Gasteiger partial charge in [-0.25, -0.2) is 19.7 Å². The summed E-state index contributed by atoms with van der Waals surface area (Å²) in [5.41, 5.74) is 1.97. The standard InChI is InChI=1S/C23H27N7O4/c1-34-23(33)17-12-16(22(32)30(17)15-8-4-2-5-9-15)29-18(31)10-6-3-7-11-24-20-19-21(26-13-25-19)28-14-27-20/h2,4-5,8-9,13-14,16-17H,3,6-7,10-12H2,1H3,(H,29,31)(H2,24,25,26,27,28)/t16-,17-/m0/s1. The fourth-order valence-electron chi connectivity index (χ4n) is 4.06. The zero-order valence-electron chi connectivity index (χ0n) is 18.9. The Labute approximate surface area is 196 Å². The molecular weight excluding hydrogens is 438 g/mol. The second kappa shape index (κ2) is 10.7. The van der Waals surface area contributed by atoms with E-state index >= 15 is 0 Å². The lowest BCUT2D eigenvalue weighted by Gasteiger charge is -2.22. The summed E-state index contributed by atoms with van der Waals surface area (Å²) in [4.78, 5) is 54.5. The zero-order valence-corrected chi connectivity index (χ0v) is 18.9. The van der Waals surface area contributed by atoms with Gasteiger partial charge in [-0.3, -0.25) is 14.5 Å². The maximum absolute atomic E-state index is 13.0. The molecule has 4 rings (SSSR count). The number of unbranched alkanes of at least 4 members (excludes halogenated alkanes) is 2. The Balaban J connectivity index is 1.22. The fraction of sp³-hybridized carbons (Fsp3) is 0.391. The monoisotopic (exact) mass is 465 g/mol. The summed E-state index contributed by atoms with van der Waals surface area (Å²) in [7, 11) is 1.29. The van der Waals surface area contributed by atoms with Gasteiger partial charge in [0.25, 0.3) is 0 Å². The Morgan fingerprint density at radius 2 is 1.97 bits per heavy atom. The van der Waals surface area contributed by atoms with Crippen molar-refractivity contribution in [3.8, 4) is 0 Å². The van der Waals surface area contributed by atoms with Crippen molar-refractivity contribution in [2.75, 3.05) is 23.9 Å². The first kappa shape index (κ1) is 23.1. The maximum atomic E-state index is 13.0. The molecule has 2 aromatic heterocycles. The van der Waals surface area contributed by atoms with Crippen molar-refractivity contribution in [3.63, 3.8) is 0 Å². The van der Waals surface area contributed by atoms with Gasteiger partial charge in [0.05, 0.1) is 13.4 Å². The number of hydrogen-bond acceptors (Lipinski definition) is 8. The van der Waals surface area contributed by atoms with Gasteiger partial charge in [-0.1, -0.05) is 24.6 Å². The molecule has 11 heteroatoms. The number of nitrogens with zero attached hydrogens (tertiary/aromatic N) is 4. The molecule has 1 aliphatic heterocycles. The predicted molar refractivity (Wildman–Crippen MR) is 125 cm³/mol. The van der Waals surface area contributed by atoms with Gasteiger partial charge in [-0.15, -0.1) is 0 Å². The molecule has 0 radical (unpaired) electrons. The Kier molecular flexibility index (Phi) is 7.31. The molecule has 178 valence electrons. The van der Waals surface area contributed by atoms with Crippen molar-refractivity contribution >= 4 is 40.5 Å². The number of methoxy groups -OCH3 is 1. The third-order valence-corrected chi connectivity index (χ3v) is 5.75. The highest BCUT2D eigenvalue weighted by atomic mass is 16.5. The van der Waals surface area contributed by atoms with Crippen LogP contribution in [0.15, 0.2) is 43.0 Å². The number of para-hydroxylation sites is 1. The van der Waals surface area contributed by atoms with Gasteiger partial charge in [-0.05, 0) is 25.0 Å². The van der Waals surface area contributed by atoms with Gasteiger partial charge in [0.15, 0.2) is 11.5 Å². The van der Waals surface area contributed by atoms with E-state index < -0.39 is 18.1 Å². The SMILES string of the molecule is COC(=O)[C@@H]1C[C@H](NC(=O)CCCCCNc2ncnc3nc[nH]c23)C(=O)N1c1ccccc1. The normalized spacial score (nSPS) is 17.7. The van der Waals surface area contributed by atoms with Crippen LogP contribution in [0.25, 0.3) is 11.2 Å². The van der Waals surface area contributed by atoms with E-state index in [-0.39, 0.29) is 18.2 Å². The van der Waals surface area contributed by atoms with Gasteiger partial charge in [-0.2, -0.15) is 0 Å².